The van der Waals surface area contributed by atoms with Crippen LogP contribution < -0.4 is 5.32 Å². The second-order valence-electron chi connectivity index (χ2n) is 8.87. The van der Waals surface area contributed by atoms with Gasteiger partial charge in [0.1, 0.15) is 0 Å². The van der Waals surface area contributed by atoms with Crippen LogP contribution in [-0.2, 0) is 18.8 Å². The number of H-pyrrole nitrogens is 1. The van der Waals surface area contributed by atoms with Crippen LogP contribution in [0.15, 0.2) is 42.9 Å². The fourth-order valence-electron chi connectivity index (χ4n) is 4.86. The minimum absolute atomic E-state index is 0.0540. The molecular formula is C25H27N7O2. The average molecular weight is 458 g/mol. The van der Waals surface area contributed by atoms with Gasteiger partial charge in [0.25, 0.3) is 5.91 Å². The van der Waals surface area contributed by atoms with Gasteiger partial charge in [-0.15, -0.1) is 0 Å². The number of amides is 1. The zero-order chi connectivity index (χ0) is 23.2. The van der Waals surface area contributed by atoms with E-state index in [1.54, 1.807) is 0 Å². The minimum Gasteiger partial charge on any atom is -0.379 e. The van der Waals surface area contributed by atoms with Gasteiger partial charge in [0, 0.05) is 91.7 Å². The predicted molar refractivity (Wildman–Crippen MR) is 132 cm³/mol. The lowest BCUT2D eigenvalue weighted by Gasteiger charge is -2.26. The molecule has 1 aliphatic heterocycles. The smallest absolute Gasteiger partial charge is 0.251 e. The summed E-state index contributed by atoms with van der Waals surface area (Å²) in [7, 11) is 3.98. The van der Waals surface area contributed by atoms with Gasteiger partial charge in [0.2, 0.25) is 0 Å². The van der Waals surface area contributed by atoms with Gasteiger partial charge in [-0.05, 0) is 18.2 Å². The first-order chi connectivity index (χ1) is 16.6. The molecule has 2 N–H and O–H groups in total. The van der Waals surface area contributed by atoms with Gasteiger partial charge in [0.15, 0.2) is 5.65 Å². The van der Waals surface area contributed by atoms with Crippen LogP contribution in [0, 0.1) is 0 Å². The van der Waals surface area contributed by atoms with E-state index in [0.29, 0.717) is 12.1 Å². The summed E-state index contributed by atoms with van der Waals surface area (Å²) < 4.78 is 9.41. The number of hydrogen-bond acceptors (Lipinski definition) is 5. The number of benzene rings is 1. The molecule has 5 heterocycles. The lowest BCUT2D eigenvalue weighted by molar-refractivity contribution is 0.0383. The van der Waals surface area contributed by atoms with E-state index >= 15 is 0 Å². The van der Waals surface area contributed by atoms with Crippen molar-refractivity contribution < 1.29 is 9.53 Å². The normalized spacial score (nSPS) is 15.0. The zero-order valence-electron chi connectivity index (χ0n) is 19.3. The van der Waals surface area contributed by atoms with Crippen molar-refractivity contribution >= 4 is 38.7 Å². The van der Waals surface area contributed by atoms with Crippen molar-refractivity contribution in [2.24, 2.45) is 14.1 Å². The van der Waals surface area contributed by atoms with Gasteiger partial charge in [-0.2, -0.15) is 0 Å². The highest BCUT2D eigenvalue weighted by atomic mass is 16.5. The summed E-state index contributed by atoms with van der Waals surface area (Å²) in [5.74, 6) is -0.0540. The summed E-state index contributed by atoms with van der Waals surface area (Å²) in [5, 5.41) is 9.38. The number of nitrogens with one attached hydrogen (secondary N) is 2. The largest absolute Gasteiger partial charge is 0.379 e. The number of carbonyl (C=O) groups excluding carboxylic acids is 1. The Kier molecular flexibility index (Phi) is 5.08. The molecule has 9 heteroatoms. The van der Waals surface area contributed by atoms with Gasteiger partial charge in [-0.3, -0.25) is 14.4 Å². The highest BCUT2D eigenvalue weighted by Crippen LogP contribution is 2.33. The van der Waals surface area contributed by atoms with Crippen molar-refractivity contribution in [1.82, 2.24) is 34.5 Å². The molecule has 0 aliphatic carbocycles. The molecule has 4 aromatic heterocycles. The van der Waals surface area contributed by atoms with Crippen LogP contribution in [-0.4, -0.2) is 74.5 Å². The van der Waals surface area contributed by atoms with E-state index in [0.717, 1.165) is 76.9 Å². The molecule has 0 atom stereocenters. The Labute approximate surface area is 196 Å². The van der Waals surface area contributed by atoms with E-state index in [4.69, 9.17) is 9.72 Å². The lowest BCUT2D eigenvalue weighted by atomic mass is 10.1. The highest BCUT2D eigenvalue weighted by Gasteiger charge is 2.17. The molecule has 1 aliphatic rings. The molecule has 5 aromatic rings. The number of carbonyl (C=O) groups is 1. The van der Waals surface area contributed by atoms with Crippen LogP contribution in [0.3, 0.4) is 0 Å². The van der Waals surface area contributed by atoms with Crippen molar-refractivity contribution in [3.63, 3.8) is 0 Å². The molecule has 1 aromatic carbocycles. The zero-order valence-corrected chi connectivity index (χ0v) is 19.3. The van der Waals surface area contributed by atoms with Gasteiger partial charge >= 0.3 is 0 Å². The number of nitrogens with zero attached hydrogens (tertiary/aromatic N) is 5. The third kappa shape index (κ3) is 3.53. The number of rotatable bonds is 5. The van der Waals surface area contributed by atoms with Gasteiger partial charge in [-0.1, -0.05) is 6.07 Å². The Morgan fingerprint density at radius 3 is 2.88 bits per heavy atom. The van der Waals surface area contributed by atoms with E-state index in [1.165, 1.54) is 0 Å². The maximum atomic E-state index is 12.8. The second-order valence-corrected chi connectivity index (χ2v) is 8.87. The number of ether oxygens (including phenoxy) is 1. The van der Waals surface area contributed by atoms with Gasteiger partial charge in [0.05, 0.1) is 24.4 Å². The lowest BCUT2D eigenvalue weighted by Crippen LogP contribution is -2.41. The molecule has 0 radical (unpaired) electrons. The topological polar surface area (TPSA) is 93.0 Å². The van der Waals surface area contributed by atoms with Crippen LogP contribution in [0.2, 0.25) is 0 Å². The fourth-order valence-corrected chi connectivity index (χ4v) is 4.86. The third-order valence-electron chi connectivity index (χ3n) is 6.70. The Hall–Kier alpha value is -3.69. The van der Waals surface area contributed by atoms with Crippen molar-refractivity contribution in [3.8, 4) is 11.3 Å². The number of pyridine rings is 1. The first-order valence-electron chi connectivity index (χ1n) is 11.6. The van der Waals surface area contributed by atoms with Crippen molar-refractivity contribution in [2.75, 3.05) is 39.4 Å². The summed E-state index contributed by atoms with van der Waals surface area (Å²) in [5.41, 5.74) is 5.37. The van der Waals surface area contributed by atoms with Gasteiger partial charge in [-0.25, -0.2) is 9.97 Å². The molecule has 0 saturated carbocycles. The van der Waals surface area contributed by atoms with E-state index in [1.807, 2.05) is 53.9 Å². The summed E-state index contributed by atoms with van der Waals surface area (Å²) >= 11 is 0. The first kappa shape index (κ1) is 20.9. The number of morpholine rings is 1. The molecule has 1 saturated heterocycles. The number of hydrogen-bond donors (Lipinski definition) is 2. The van der Waals surface area contributed by atoms with E-state index in [9.17, 15) is 4.79 Å². The van der Waals surface area contributed by atoms with Crippen molar-refractivity contribution in [1.29, 1.82) is 0 Å². The van der Waals surface area contributed by atoms with Crippen LogP contribution >= 0.6 is 0 Å². The summed E-state index contributed by atoms with van der Waals surface area (Å²) in [6.45, 7) is 4.82. The van der Waals surface area contributed by atoms with Gasteiger partial charge < -0.3 is 19.7 Å². The maximum Gasteiger partial charge on any atom is 0.251 e. The molecule has 0 unspecified atom stereocenters. The van der Waals surface area contributed by atoms with Crippen LogP contribution in [0.1, 0.15) is 10.4 Å². The number of aromatic amines is 1. The van der Waals surface area contributed by atoms with Crippen LogP contribution in [0.4, 0.5) is 0 Å². The number of fused-ring (bicyclic) bond motifs is 4. The monoisotopic (exact) mass is 457 g/mol. The third-order valence-corrected chi connectivity index (χ3v) is 6.70. The predicted octanol–water partition coefficient (Wildman–Crippen LogP) is 2.67. The van der Waals surface area contributed by atoms with E-state index in [-0.39, 0.29) is 5.91 Å². The summed E-state index contributed by atoms with van der Waals surface area (Å²) in [6.07, 6.45) is 5.86. The molecule has 1 amide bonds. The Bertz CT molecular complexity index is 1520. The highest BCUT2D eigenvalue weighted by molar-refractivity contribution is 6.07. The Morgan fingerprint density at radius 2 is 2.03 bits per heavy atom. The second kappa shape index (κ2) is 8.27. The molecule has 6 rings (SSSR count). The van der Waals surface area contributed by atoms with E-state index in [2.05, 4.69) is 32.6 Å². The average Bonchev–Trinajstić information content (AvgIpc) is 3.54. The number of aryl methyl sites for hydroxylation is 2. The Balaban J connectivity index is 1.28. The summed E-state index contributed by atoms with van der Waals surface area (Å²) in [6, 6.07) is 7.95. The maximum absolute atomic E-state index is 12.8. The quantitative estimate of drug-likeness (QED) is 0.423. The molecule has 0 bridgehead atoms. The fraction of sp³-hybridized carbons (Fsp3) is 0.320. The van der Waals surface area contributed by atoms with E-state index < -0.39 is 0 Å². The molecule has 1 fully saturated rings. The molecule has 34 heavy (non-hydrogen) atoms. The molecule has 9 nitrogen and oxygen atoms in total. The molecular weight excluding hydrogens is 430 g/mol. The van der Waals surface area contributed by atoms with Crippen molar-refractivity contribution in [2.45, 2.75) is 0 Å². The Morgan fingerprint density at radius 1 is 1.18 bits per heavy atom. The van der Waals surface area contributed by atoms with Crippen molar-refractivity contribution in [3.05, 3.63) is 48.4 Å². The number of aromatic nitrogens is 5. The van der Waals surface area contributed by atoms with Crippen LogP contribution in [0.25, 0.3) is 44.1 Å². The van der Waals surface area contributed by atoms with Crippen LogP contribution in [0.5, 0.6) is 0 Å². The molecule has 174 valence electrons. The summed E-state index contributed by atoms with van der Waals surface area (Å²) in [4.78, 5) is 24.4. The standard InChI is InChI=1S/C25H27N7O2/c1-30-15-20(21-12-19-23-17(14-28-31(23)2)13-27-24(19)29-21)18-4-3-16(11-22(18)30)25(33)26-5-6-32-7-9-34-10-8-32/h3-4,11-15,28H,5-10H2,1-2H3,(H,26,33). The molecule has 0 spiro atoms. The first-order valence-corrected chi connectivity index (χ1v) is 11.6. The minimum atomic E-state index is -0.0540. The SMILES string of the molecule is Cn1cc(-c2cc3c(ncc4c[nH]n(C)c43)n2)c2ccc(C(=O)NCCN3CCOCC3)cc21.